The highest BCUT2D eigenvalue weighted by atomic mass is 35.5. The Labute approximate surface area is 142 Å². The van der Waals surface area contributed by atoms with Crippen LogP contribution >= 0.6 is 36.6 Å². The molecule has 0 aromatic heterocycles. The molecule has 0 bridgehead atoms. The minimum Gasteiger partial charge on any atom is -0.379 e. The van der Waals surface area contributed by atoms with Crippen molar-refractivity contribution in [1.82, 2.24) is 10.2 Å². The minimum absolute atomic E-state index is 0. The predicted octanol–water partition coefficient (Wildman–Crippen LogP) is 0.645. The lowest BCUT2D eigenvalue weighted by Gasteiger charge is -2.43. The van der Waals surface area contributed by atoms with Crippen molar-refractivity contribution in [3.63, 3.8) is 0 Å². The van der Waals surface area contributed by atoms with Gasteiger partial charge in [0.1, 0.15) is 0 Å². The Bertz CT molecular complexity index is 357. The van der Waals surface area contributed by atoms with Crippen LogP contribution < -0.4 is 11.1 Å². The van der Waals surface area contributed by atoms with Crippen molar-refractivity contribution >= 4 is 42.5 Å². The smallest absolute Gasteiger partial charge is 0.240 e. The summed E-state index contributed by atoms with van der Waals surface area (Å²) in [5, 5.41) is 3.11. The molecule has 1 aliphatic carbocycles. The molecule has 1 atom stereocenters. The van der Waals surface area contributed by atoms with Gasteiger partial charge in [0.25, 0.3) is 0 Å². The van der Waals surface area contributed by atoms with E-state index in [1.54, 1.807) is 0 Å². The summed E-state index contributed by atoms with van der Waals surface area (Å²) in [6, 6.07) is 0. The number of carbonyl (C=O) groups excluding carboxylic acids is 1. The van der Waals surface area contributed by atoms with Gasteiger partial charge in [0.2, 0.25) is 5.91 Å². The van der Waals surface area contributed by atoms with Crippen LogP contribution in [-0.2, 0) is 9.53 Å². The zero-order valence-corrected chi connectivity index (χ0v) is 14.6. The van der Waals surface area contributed by atoms with E-state index in [1.165, 1.54) is 5.75 Å². The van der Waals surface area contributed by atoms with Gasteiger partial charge in [-0.05, 0) is 25.0 Å². The van der Waals surface area contributed by atoms with Gasteiger partial charge in [0.05, 0.1) is 18.8 Å². The number of thioether (sulfide) groups is 1. The molecule has 124 valence electrons. The fourth-order valence-corrected chi connectivity index (χ4v) is 4.39. The maximum Gasteiger partial charge on any atom is 0.240 e. The van der Waals surface area contributed by atoms with Crippen LogP contribution in [0.4, 0.5) is 0 Å². The lowest BCUT2D eigenvalue weighted by Crippen LogP contribution is -2.60. The Hall–Kier alpha value is 0.280. The van der Waals surface area contributed by atoms with Crippen LogP contribution in [0.25, 0.3) is 0 Å². The molecular formula is C13H25Cl2N3O2S. The average molecular weight is 358 g/mol. The second kappa shape index (κ2) is 7.70. The van der Waals surface area contributed by atoms with Gasteiger partial charge in [0, 0.05) is 30.9 Å². The topological polar surface area (TPSA) is 67.6 Å². The molecule has 0 aromatic rings. The van der Waals surface area contributed by atoms with Gasteiger partial charge in [-0.25, -0.2) is 0 Å². The molecule has 3 aliphatic rings. The van der Waals surface area contributed by atoms with Gasteiger partial charge in [-0.15, -0.1) is 24.8 Å². The molecule has 3 rings (SSSR count). The first-order valence-corrected chi connectivity index (χ1v) is 8.28. The predicted molar refractivity (Wildman–Crippen MR) is 90.7 cm³/mol. The quantitative estimate of drug-likeness (QED) is 0.772. The van der Waals surface area contributed by atoms with Crippen molar-refractivity contribution in [2.24, 2.45) is 5.73 Å². The highest BCUT2D eigenvalue weighted by Crippen LogP contribution is 2.35. The van der Waals surface area contributed by atoms with Gasteiger partial charge < -0.3 is 15.8 Å². The van der Waals surface area contributed by atoms with Crippen molar-refractivity contribution in [2.75, 3.05) is 44.4 Å². The number of hydrogen-bond donors (Lipinski definition) is 2. The summed E-state index contributed by atoms with van der Waals surface area (Å²) in [7, 11) is 0. The van der Waals surface area contributed by atoms with Crippen molar-refractivity contribution in [3.05, 3.63) is 0 Å². The molecule has 5 nitrogen and oxygen atoms in total. The Balaban J connectivity index is 0.00000110. The molecule has 0 radical (unpaired) electrons. The van der Waals surface area contributed by atoms with Crippen LogP contribution in [0.5, 0.6) is 0 Å². The molecule has 3 fully saturated rings. The summed E-state index contributed by atoms with van der Waals surface area (Å²) >= 11 is 1.98. The van der Waals surface area contributed by atoms with E-state index >= 15 is 0 Å². The van der Waals surface area contributed by atoms with E-state index in [1.807, 2.05) is 11.8 Å². The zero-order valence-electron chi connectivity index (χ0n) is 12.1. The summed E-state index contributed by atoms with van der Waals surface area (Å²) < 4.78 is 5.44. The van der Waals surface area contributed by atoms with Crippen LogP contribution in [0.3, 0.4) is 0 Å². The lowest BCUT2D eigenvalue weighted by atomic mass is 9.95. The molecule has 1 amide bonds. The molecule has 1 unspecified atom stereocenters. The third-order valence-corrected chi connectivity index (χ3v) is 5.82. The first-order chi connectivity index (χ1) is 9.15. The molecular weight excluding hydrogens is 333 g/mol. The van der Waals surface area contributed by atoms with Gasteiger partial charge in [-0.1, -0.05) is 0 Å². The van der Waals surface area contributed by atoms with Gasteiger partial charge in [0.15, 0.2) is 0 Å². The van der Waals surface area contributed by atoms with Gasteiger partial charge in [-0.3, -0.25) is 9.69 Å². The van der Waals surface area contributed by atoms with E-state index in [-0.39, 0.29) is 36.3 Å². The number of ether oxygens (including phenoxy) is 1. The normalized spacial score (nSPS) is 30.9. The van der Waals surface area contributed by atoms with E-state index in [9.17, 15) is 4.79 Å². The Morgan fingerprint density at radius 2 is 1.90 bits per heavy atom. The van der Waals surface area contributed by atoms with Crippen LogP contribution in [0.2, 0.25) is 0 Å². The maximum absolute atomic E-state index is 12.0. The van der Waals surface area contributed by atoms with Crippen LogP contribution in [0, 0.1) is 0 Å². The lowest BCUT2D eigenvalue weighted by molar-refractivity contribution is -0.124. The van der Waals surface area contributed by atoms with Crippen LogP contribution in [-0.4, -0.2) is 66.2 Å². The SMILES string of the molecule is Cl.Cl.NC1(C(=O)NCC2(N3CCOCC3)CCSC2)CC1. The third kappa shape index (κ3) is 4.18. The van der Waals surface area contributed by atoms with E-state index in [4.69, 9.17) is 10.5 Å². The Morgan fingerprint density at radius 1 is 1.24 bits per heavy atom. The highest BCUT2D eigenvalue weighted by molar-refractivity contribution is 7.99. The van der Waals surface area contributed by atoms with E-state index in [0.717, 1.165) is 57.9 Å². The van der Waals surface area contributed by atoms with Gasteiger partial charge >= 0.3 is 0 Å². The van der Waals surface area contributed by atoms with Crippen LogP contribution in [0.1, 0.15) is 19.3 Å². The summed E-state index contributed by atoms with van der Waals surface area (Å²) in [5.41, 5.74) is 5.51. The molecule has 2 heterocycles. The van der Waals surface area contributed by atoms with E-state index < -0.39 is 5.54 Å². The number of rotatable bonds is 4. The standard InChI is InChI=1S/C13H23N3O2S.2ClH/c14-13(1-2-13)11(17)15-9-12(3-8-19-10-12)16-4-6-18-7-5-16;;/h1-10,14H2,(H,15,17);2*1H. The number of morpholine rings is 1. The monoisotopic (exact) mass is 357 g/mol. The number of amides is 1. The first kappa shape index (κ1) is 19.3. The molecule has 2 aliphatic heterocycles. The molecule has 0 aromatic carbocycles. The van der Waals surface area contributed by atoms with Crippen LogP contribution in [0.15, 0.2) is 0 Å². The fraction of sp³-hybridized carbons (Fsp3) is 0.923. The van der Waals surface area contributed by atoms with E-state index in [0.29, 0.717) is 0 Å². The number of carbonyl (C=O) groups is 1. The summed E-state index contributed by atoms with van der Waals surface area (Å²) in [4.78, 5) is 14.5. The number of hydrogen-bond acceptors (Lipinski definition) is 5. The average Bonchev–Trinajstić information content (AvgIpc) is 3.03. The second-order valence-corrected chi connectivity index (χ2v) is 7.07. The molecule has 3 N–H and O–H groups in total. The third-order valence-electron chi connectivity index (χ3n) is 4.58. The maximum atomic E-state index is 12.0. The van der Waals surface area contributed by atoms with Crippen molar-refractivity contribution in [1.29, 1.82) is 0 Å². The second-order valence-electron chi connectivity index (χ2n) is 5.97. The molecule has 0 spiro atoms. The number of nitrogens with two attached hydrogens (primary N) is 1. The van der Waals surface area contributed by atoms with Crippen molar-refractivity contribution < 1.29 is 9.53 Å². The van der Waals surface area contributed by atoms with Gasteiger partial charge in [-0.2, -0.15) is 11.8 Å². The Morgan fingerprint density at radius 3 is 2.43 bits per heavy atom. The van der Waals surface area contributed by atoms with Crippen molar-refractivity contribution in [3.8, 4) is 0 Å². The fourth-order valence-electron chi connectivity index (χ4n) is 2.92. The largest absolute Gasteiger partial charge is 0.379 e. The highest BCUT2D eigenvalue weighted by Gasteiger charge is 2.47. The number of halogens is 2. The van der Waals surface area contributed by atoms with Crippen molar-refractivity contribution in [2.45, 2.75) is 30.3 Å². The zero-order chi connectivity index (χ0) is 13.3. The summed E-state index contributed by atoms with van der Waals surface area (Å²) in [6.07, 6.45) is 2.81. The first-order valence-electron chi connectivity index (χ1n) is 7.12. The number of nitrogens with zero attached hydrogens (tertiary/aromatic N) is 1. The summed E-state index contributed by atoms with van der Waals surface area (Å²) in [5.74, 6) is 2.32. The summed E-state index contributed by atoms with van der Waals surface area (Å²) in [6.45, 7) is 4.30. The minimum atomic E-state index is -0.558. The molecule has 8 heteroatoms. The number of nitrogens with one attached hydrogen (secondary N) is 1. The molecule has 2 saturated heterocycles. The molecule has 21 heavy (non-hydrogen) atoms. The molecule has 1 saturated carbocycles. The Kier molecular flexibility index (Phi) is 7.09. The van der Waals surface area contributed by atoms with E-state index in [2.05, 4.69) is 10.2 Å².